The van der Waals surface area contributed by atoms with Gasteiger partial charge in [-0.3, -0.25) is 10.1 Å². The van der Waals surface area contributed by atoms with Gasteiger partial charge in [0.05, 0.1) is 10.8 Å². The highest BCUT2D eigenvalue weighted by Gasteiger charge is 2.43. The van der Waals surface area contributed by atoms with Crippen molar-refractivity contribution >= 4 is 17.3 Å². The van der Waals surface area contributed by atoms with Crippen LogP contribution in [0.3, 0.4) is 0 Å². The van der Waals surface area contributed by atoms with Crippen molar-refractivity contribution in [1.82, 2.24) is 9.97 Å². The van der Waals surface area contributed by atoms with Crippen molar-refractivity contribution in [2.45, 2.75) is 19.0 Å². The Bertz CT molecular complexity index is 522. The molecule has 1 aromatic heterocycles. The van der Waals surface area contributed by atoms with Crippen LogP contribution in [0.25, 0.3) is 0 Å². The molecular weight excluding hydrogens is 279 g/mol. The smallest absolute Gasteiger partial charge is 0.378 e. The Hall–Kier alpha value is -2.13. The van der Waals surface area contributed by atoms with Crippen LogP contribution in [0.4, 0.5) is 30.5 Å². The topological polar surface area (TPSA) is 98.2 Å². The fraction of sp³-hybridized carbons (Fsp3) is 0.600. The number of alkyl halides is 3. The van der Waals surface area contributed by atoms with E-state index in [1.807, 2.05) is 0 Å². The third-order valence-electron chi connectivity index (χ3n) is 3.20. The van der Waals surface area contributed by atoms with Crippen LogP contribution in [-0.4, -0.2) is 34.2 Å². The molecule has 0 amide bonds. The first-order chi connectivity index (χ1) is 9.30. The normalized spacial score (nSPS) is 19.9. The van der Waals surface area contributed by atoms with Crippen LogP contribution in [0.1, 0.15) is 12.8 Å². The number of nitrogen functional groups attached to an aromatic ring is 1. The number of piperidine rings is 1. The molecule has 2 N–H and O–H groups in total. The zero-order chi connectivity index (χ0) is 14.9. The molecule has 0 aliphatic carbocycles. The Morgan fingerprint density at radius 3 is 2.75 bits per heavy atom. The third-order valence-corrected chi connectivity index (χ3v) is 3.20. The number of hydrogen-bond acceptors (Lipinski definition) is 6. The Kier molecular flexibility index (Phi) is 3.64. The molecule has 0 aromatic carbocycles. The van der Waals surface area contributed by atoms with Crippen LogP contribution in [0.2, 0.25) is 0 Å². The molecule has 0 saturated carbocycles. The molecule has 0 radical (unpaired) electrons. The minimum atomic E-state index is -4.33. The van der Waals surface area contributed by atoms with E-state index >= 15 is 0 Å². The zero-order valence-corrected chi connectivity index (χ0v) is 10.3. The van der Waals surface area contributed by atoms with Crippen molar-refractivity contribution in [2.75, 3.05) is 23.7 Å². The predicted octanol–water partition coefficient (Wildman–Crippen LogP) is 1.75. The Morgan fingerprint density at radius 2 is 2.15 bits per heavy atom. The molecule has 7 nitrogen and oxygen atoms in total. The second-order valence-electron chi connectivity index (χ2n) is 4.52. The molecule has 1 atom stereocenters. The van der Waals surface area contributed by atoms with Gasteiger partial charge in [0, 0.05) is 13.1 Å². The largest absolute Gasteiger partial charge is 0.393 e. The van der Waals surface area contributed by atoms with Crippen molar-refractivity contribution in [1.29, 1.82) is 0 Å². The van der Waals surface area contributed by atoms with Gasteiger partial charge in [-0.2, -0.15) is 13.2 Å². The molecule has 10 heteroatoms. The summed E-state index contributed by atoms with van der Waals surface area (Å²) < 4.78 is 38.3. The van der Waals surface area contributed by atoms with Crippen LogP contribution in [-0.2, 0) is 0 Å². The Balaban J connectivity index is 2.32. The van der Waals surface area contributed by atoms with E-state index in [2.05, 4.69) is 9.97 Å². The van der Waals surface area contributed by atoms with Crippen molar-refractivity contribution < 1.29 is 18.1 Å². The van der Waals surface area contributed by atoms with E-state index in [1.54, 1.807) is 0 Å². The van der Waals surface area contributed by atoms with E-state index in [0.29, 0.717) is 0 Å². The number of hydrogen-bond donors (Lipinski definition) is 1. The number of nitrogens with zero attached hydrogens (tertiary/aromatic N) is 4. The minimum Gasteiger partial charge on any atom is -0.378 e. The van der Waals surface area contributed by atoms with Gasteiger partial charge in [0.15, 0.2) is 0 Å². The minimum absolute atomic E-state index is 0.00830. The third kappa shape index (κ3) is 2.73. The average Bonchev–Trinajstić information content (AvgIpc) is 2.37. The SMILES string of the molecule is Nc1ncnc(N2CCCC(C(F)(F)F)C2)c1[N+](=O)[O-]. The second-order valence-corrected chi connectivity index (χ2v) is 4.52. The lowest BCUT2D eigenvalue weighted by Gasteiger charge is -2.34. The monoisotopic (exact) mass is 291 g/mol. The highest BCUT2D eigenvalue weighted by Crippen LogP contribution is 2.37. The van der Waals surface area contributed by atoms with Gasteiger partial charge in [-0.25, -0.2) is 9.97 Å². The fourth-order valence-corrected chi connectivity index (χ4v) is 2.23. The Morgan fingerprint density at radius 1 is 1.45 bits per heavy atom. The maximum atomic E-state index is 12.8. The highest BCUT2D eigenvalue weighted by molar-refractivity contribution is 5.68. The lowest BCUT2D eigenvalue weighted by atomic mass is 9.97. The van der Waals surface area contributed by atoms with E-state index in [4.69, 9.17) is 5.73 Å². The Labute approximate surface area is 111 Å². The quantitative estimate of drug-likeness (QED) is 0.658. The summed E-state index contributed by atoms with van der Waals surface area (Å²) in [5, 5.41) is 11.0. The lowest BCUT2D eigenvalue weighted by molar-refractivity contribution is -0.383. The van der Waals surface area contributed by atoms with Gasteiger partial charge in [-0.05, 0) is 12.8 Å². The molecule has 2 heterocycles. The van der Waals surface area contributed by atoms with Crippen LogP contribution in [0.5, 0.6) is 0 Å². The van der Waals surface area contributed by atoms with Crippen LogP contribution in [0.15, 0.2) is 6.33 Å². The van der Waals surface area contributed by atoms with E-state index < -0.39 is 22.7 Å². The molecule has 1 fully saturated rings. The summed E-state index contributed by atoms with van der Waals surface area (Å²) in [5.41, 5.74) is 4.86. The maximum absolute atomic E-state index is 12.8. The van der Waals surface area contributed by atoms with Gasteiger partial charge in [-0.1, -0.05) is 0 Å². The van der Waals surface area contributed by atoms with Gasteiger partial charge in [0.1, 0.15) is 6.33 Å². The molecule has 1 saturated heterocycles. The molecule has 2 rings (SSSR count). The summed E-state index contributed by atoms with van der Waals surface area (Å²) >= 11 is 0. The van der Waals surface area contributed by atoms with Crippen LogP contribution >= 0.6 is 0 Å². The molecule has 0 spiro atoms. The standard InChI is InChI=1S/C10H12F3N5O2/c11-10(12,13)6-2-1-3-17(4-6)9-7(18(19)20)8(14)15-5-16-9/h5-6H,1-4H2,(H2,14,15,16). The molecule has 110 valence electrons. The van der Waals surface area contributed by atoms with Gasteiger partial charge in [0.25, 0.3) is 0 Å². The summed E-state index contributed by atoms with van der Waals surface area (Å²) in [6, 6.07) is 0. The van der Waals surface area contributed by atoms with E-state index in [0.717, 1.165) is 6.33 Å². The molecule has 1 aromatic rings. The second kappa shape index (κ2) is 5.10. The summed E-state index contributed by atoms with van der Waals surface area (Å²) in [6.07, 6.45) is -3.03. The first-order valence-corrected chi connectivity index (χ1v) is 5.87. The molecule has 0 bridgehead atoms. The zero-order valence-electron chi connectivity index (χ0n) is 10.3. The van der Waals surface area contributed by atoms with Crippen LogP contribution < -0.4 is 10.6 Å². The summed E-state index contributed by atoms with van der Waals surface area (Å²) in [5.74, 6) is -2.03. The maximum Gasteiger partial charge on any atom is 0.393 e. The van der Waals surface area contributed by atoms with Gasteiger partial charge < -0.3 is 10.6 Å². The summed E-state index contributed by atoms with van der Waals surface area (Å²) in [4.78, 5) is 18.7. The highest BCUT2D eigenvalue weighted by atomic mass is 19.4. The molecule has 1 aliphatic rings. The number of nitro groups is 1. The molecule has 1 aliphatic heterocycles. The van der Waals surface area contributed by atoms with Gasteiger partial charge >= 0.3 is 11.9 Å². The van der Waals surface area contributed by atoms with Crippen molar-refractivity contribution in [3.05, 3.63) is 16.4 Å². The van der Waals surface area contributed by atoms with E-state index in [9.17, 15) is 23.3 Å². The number of halogens is 3. The van der Waals surface area contributed by atoms with Crippen molar-refractivity contribution in [3.8, 4) is 0 Å². The molecular formula is C10H12F3N5O2. The van der Waals surface area contributed by atoms with Crippen molar-refractivity contribution in [3.63, 3.8) is 0 Å². The number of anilines is 2. The summed E-state index contributed by atoms with van der Waals surface area (Å²) in [6.45, 7) is -0.0926. The van der Waals surface area contributed by atoms with Gasteiger partial charge in [0.2, 0.25) is 11.6 Å². The van der Waals surface area contributed by atoms with E-state index in [-0.39, 0.29) is 37.6 Å². The number of rotatable bonds is 2. The molecule has 1 unspecified atom stereocenters. The fourth-order valence-electron chi connectivity index (χ4n) is 2.23. The number of aromatic nitrogens is 2. The summed E-state index contributed by atoms with van der Waals surface area (Å²) in [7, 11) is 0. The van der Waals surface area contributed by atoms with Crippen molar-refractivity contribution in [2.24, 2.45) is 5.92 Å². The predicted molar refractivity (Wildman–Crippen MR) is 64.1 cm³/mol. The van der Waals surface area contributed by atoms with Gasteiger partial charge in [-0.15, -0.1) is 0 Å². The molecule has 20 heavy (non-hydrogen) atoms. The first-order valence-electron chi connectivity index (χ1n) is 5.87. The van der Waals surface area contributed by atoms with E-state index in [1.165, 1.54) is 4.90 Å². The first kappa shape index (κ1) is 14.3. The number of nitrogens with two attached hydrogens (primary N) is 1. The lowest BCUT2D eigenvalue weighted by Crippen LogP contribution is -2.42. The average molecular weight is 291 g/mol. The van der Waals surface area contributed by atoms with Crippen LogP contribution in [0, 0.1) is 16.0 Å².